The third kappa shape index (κ3) is 2.36. The van der Waals surface area contributed by atoms with Crippen LogP contribution in [0.2, 0.25) is 0 Å². The van der Waals surface area contributed by atoms with Crippen molar-refractivity contribution in [1.29, 1.82) is 0 Å². The second kappa shape index (κ2) is 5.59. The van der Waals surface area contributed by atoms with Crippen molar-refractivity contribution in [2.45, 2.75) is 6.10 Å². The number of hydrogen-bond donors (Lipinski definition) is 1. The van der Waals surface area contributed by atoms with Crippen LogP contribution in [0.15, 0.2) is 40.9 Å². The fraction of sp³-hybridized carbons (Fsp3) is 0.176. The van der Waals surface area contributed by atoms with E-state index in [9.17, 15) is 14.0 Å². The molecule has 0 saturated carbocycles. The van der Waals surface area contributed by atoms with Gasteiger partial charge in [-0.05, 0) is 24.3 Å². The highest BCUT2D eigenvalue weighted by Gasteiger charge is 2.37. The zero-order chi connectivity index (χ0) is 16.8. The van der Waals surface area contributed by atoms with E-state index in [0.29, 0.717) is 27.8 Å². The van der Waals surface area contributed by atoms with Gasteiger partial charge in [0.1, 0.15) is 6.10 Å². The van der Waals surface area contributed by atoms with Gasteiger partial charge in [-0.1, -0.05) is 28.1 Å². The molecule has 24 heavy (non-hydrogen) atoms. The van der Waals surface area contributed by atoms with Crippen molar-refractivity contribution in [2.75, 3.05) is 18.4 Å². The highest BCUT2D eigenvalue weighted by atomic mass is 79.9. The number of carbonyl (C=O) groups is 2. The molecule has 0 saturated heterocycles. The zero-order valence-corrected chi connectivity index (χ0v) is 14.0. The molecule has 0 radical (unpaired) electrons. The number of halogens is 2. The molecule has 0 spiro atoms. The van der Waals surface area contributed by atoms with Crippen molar-refractivity contribution in [3.05, 3.63) is 57.8 Å². The van der Waals surface area contributed by atoms with Crippen LogP contribution >= 0.6 is 15.9 Å². The minimum Gasteiger partial charge on any atom is -0.481 e. The minimum absolute atomic E-state index is 0.0638. The Balaban J connectivity index is 1.56. The Labute approximate surface area is 145 Å². The van der Waals surface area contributed by atoms with Gasteiger partial charge in [-0.3, -0.25) is 14.5 Å². The van der Waals surface area contributed by atoms with Crippen LogP contribution in [0.25, 0.3) is 0 Å². The standard InChI is InChI=1S/C17H12BrFN2O3/c18-9-5-13(19)15-14(6-9)20-7-10(24-15)8-21-16(22)11-3-1-2-4-12(11)17(21)23/h1-6,10,20H,7-8H2/t10-/m1/s1. The lowest BCUT2D eigenvalue weighted by Crippen LogP contribution is -2.44. The Morgan fingerprint density at radius 2 is 1.88 bits per heavy atom. The highest BCUT2D eigenvalue weighted by molar-refractivity contribution is 9.10. The maximum absolute atomic E-state index is 14.0. The van der Waals surface area contributed by atoms with Crippen LogP contribution in [0.3, 0.4) is 0 Å². The maximum Gasteiger partial charge on any atom is 0.261 e. The first-order valence-electron chi connectivity index (χ1n) is 7.39. The molecular weight excluding hydrogens is 379 g/mol. The topological polar surface area (TPSA) is 58.6 Å². The van der Waals surface area contributed by atoms with E-state index in [0.717, 1.165) is 4.90 Å². The van der Waals surface area contributed by atoms with Crippen molar-refractivity contribution in [3.8, 4) is 5.75 Å². The molecule has 2 aliphatic heterocycles. The molecule has 0 aromatic heterocycles. The zero-order valence-electron chi connectivity index (χ0n) is 12.4. The Hall–Kier alpha value is -2.41. The minimum atomic E-state index is -0.518. The molecule has 1 N–H and O–H groups in total. The van der Waals surface area contributed by atoms with E-state index in [1.807, 2.05) is 0 Å². The molecule has 122 valence electrons. The third-order valence-corrected chi connectivity index (χ3v) is 4.54. The van der Waals surface area contributed by atoms with Crippen molar-refractivity contribution < 1.29 is 18.7 Å². The Morgan fingerprint density at radius 1 is 1.21 bits per heavy atom. The van der Waals surface area contributed by atoms with Gasteiger partial charge >= 0.3 is 0 Å². The average Bonchev–Trinajstić information content (AvgIpc) is 2.81. The third-order valence-electron chi connectivity index (χ3n) is 4.08. The average molecular weight is 391 g/mol. The molecular formula is C17H12BrFN2O3. The maximum atomic E-state index is 14.0. The molecule has 0 fully saturated rings. The highest BCUT2D eigenvalue weighted by Crippen LogP contribution is 2.35. The lowest BCUT2D eigenvalue weighted by Gasteiger charge is -2.30. The van der Waals surface area contributed by atoms with E-state index < -0.39 is 11.9 Å². The molecule has 0 unspecified atom stereocenters. The molecule has 0 bridgehead atoms. The van der Waals surface area contributed by atoms with E-state index in [1.165, 1.54) is 6.07 Å². The largest absolute Gasteiger partial charge is 0.481 e. The number of imide groups is 1. The van der Waals surface area contributed by atoms with Crippen molar-refractivity contribution in [3.63, 3.8) is 0 Å². The number of hydrogen-bond acceptors (Lipinski definition) is 4. The van der Waals surface area contributed by atoms with E-state index >= 15 is 0 Å². The lowest BCUT2D eigenvalue weighted by molar-refractivity contribution is 0.0573. The van der Waals surface area contributed by atoms with Crippen LogP contribution in [-0.2, 0) is 0 Å². The van der Waals surface area contributed by atoms with Gasteiger partial charge in [-0.2, -0.15) is 0 Å². The van der Waals surface area contributed by atoms with E-state index in [4.69, 9.17) is 4.74 Å². The molecule has 1 atom stereocenters. The molecule has 2 aromatic rings. The lowest BCUT2D eigenvalue weighted by atomic mass is 10.1. The predicted molar refractivity (Wildman–Crippen MR) is 88.8 cm³/mol. The second-order valence-electron chi connectivity index (χ2n) is 5.65. The fourth-order valence-electron chi connectivity index (χ4n) is 2.95. The SMILES string of the molecule is O=C1c2ccccc2C(=O)N1C[C@H]1CNc2cc(Br)cc(F)c2O1. The van der Waals surface area contributed by atoms with Gasteiger partial charge in [0.15, 0.2) is 11.6 Å². The van der Waals surface area contributed by atoms with Crippen LogP contribution in [0.5, 0.6) is 5.75 Å². The molecule has 2 amide bonds. The van der Waals surface area contributed by atoms with Crippen molar-refractivity contribution in [2.24, 2.45) is 0 Å². The van der Waals surface area contributed by atoms with Gasteiger partial charge in [0.25, 0.3) is 11.8 Å². The summed E-state index contributed by atoms with van der Waals surface area (Å²) in [5, 5.41) is 3.07. The van der Waals surface area contributed by atoms with Gasteiger partial charge in [0, 0.05) is 4.47 Å². The summed E-state index contributed by atoms with van der Waals surface area (Å²) in [5.41, 5.74) is 1.32. The van der Waals surface area contributed by atoms with E-state index in [-0.39, 0.29) is 24.1 Å². The first-order chi connectivity index (χ1) is 11.5. The Bertz CT molecular complexity index is 836. The van der Waals surface area contributed by atoms with Crippen LogP contribution < -0.4 is 10.1 Å². The van der Waals surface area contributed by atoms with Gasteiger partial charge in [-0.25, -0.2) is 4.39 Å². The molecule has 4 rings (SSSR count). The summed E-state index contributed by atoms with van der Waals surface area (Å²) in [6, 6.07) is 9.72. The van der Waals surface area contributed by atoms with Gasteiger partial charge in [0.2, 0.25) is 0 Å². The van der Waals surface area contributed by atoms with Crippen LogP contribution in [0, 0.1) is 5.82 Å². The van der Waals surface area contributed by atoms with Crippen LogP contribution in [-0.4, -0.2) is 35.9 Å². The summed E-state index contributed by atoms with van der Waals surface area (Å²) in [6.07, 6.45) is -0.518. The van der Waals surface area contributed by atoms with Gasteiger partial charge in [0.05, 0.1) is 29.9 Å². The molecule has 7 heteroatoms. The van der Waals surface area contributed by atoms with Gasteiger partial charge < -0.3 is 10.1 Å². The quantitative estimate of drug-likeness (QED) is 0.800. The number of carbonyl (C=O) groups excluding carboxylic acids is 2. The number of amides is 2. The summed E-state index contributed by atoms with van der Waals surface area (Å²) < 4.78 is 20.3. The molecule has 0 aliphatic carbocycles. The summed E-state index contributed by atoms with van der Waals surface area (Å²) in [4.78, 5) is 25.9. The Morgan fingerprint density at radius 3 is 2.54 bits per heavy atom. The van der Waals surface area contributed by atoms with Crippen molar-refractivity contribution in [1.82, 2.24) is 4.90 Å². The second-order valence-corrected chi connectivity index (χ2v) is 6.57. The number of benzene rings is 2. The monoisotopic (exact) mass is 390 g/mol. The van der Waals surface area contributed by atoms with Crippen LogP contribution in [0.4, 0.5) is 10.1 Å². The summed E-state index contributed by atoms with van der Waals surface area (Å²) >= 11 is 3.23. The summed E-state index contributed by atoms with van der Waals surface area (Å²) in [7, 11) is 0. The molecule has 5 nitrogen and oxygen atoms in total. The number of anilines is 1. The smallest absolute Gasteiger partial charge is 0.261 e. The van der Waals surface area contributed by atoms with Crippen molar-refractivity contribution >= 4 is 33.4 Å². The number of nitrogens with one attached hydrogen (secondary N) is 1. The normalized spacial score (nSPS) is 18.8. The first kappa shape index (κ1) is 15.1. The predicted octanol–water partition coefficient (Wildman–Crippen LogP) is 3.06. The number of ether oxygens (including phenoxy) is 1. The van der Waals surface area contributed by atoms with Crippen LogP contribution in [0.1, 0.15) is 20.7 Å². The van der Waals surface area contributed by atoms with E-state index in [1.54, 1.807) is 30.3 Å². The number of fused-ring (bicyclic) bond motifs is 2. The molecule has 2 aliphatic rings. The number of nitrogens with zero attached hydrogens (tertiary/aromatic N) is 1. The molecule has 2 heterocycles. The number of rotatable bonds is 2. The first-order valence-corrected chi connectivity index (χ1v) is 8.18. The van der Waals surface area contributed by atoms with Gasteiger partial charge in [-0.15, -0.1) is 0 Å². The summed E-state index contributed by atoms with van der Waals surface area (Å²) in [6.45, 7) is 0.435. The van der Waals surface area contributed by atoms with E-state index in [2.05, 4.69) is 21.2 Å². The Kier molecular flexibility index (Phi) is 3.53. The fourth-order valence-corrected chi connectivity index (χ4v) is 3.38. The molecule has 2 aromatic carbocycles. The summed E-state index contributed by atoms with van der Waals surface area (Å²) in [5.74, 6) is -1.09.